The lowest BCUT2D eigenvalue weighted by Gasteiger charge is -2.23. The molecule has 0 aliphatic carbocycles. The van der Waals surface area contributed by atoms with Gasteiger partial charge in [-0.2, -0.15) is 17.9 Å². The Kier molecular flexibility index (Phi) is 6.86. The minimum Gasteiger partial charge on any atom is -0.497 e. The number of rotatable bonds is 8. The summed E-state index contributed by atoms with van der Waals surface area (Å²) in [4.78, 5) is 0.115. The predicted octanol–water partition coefficient (Wildman–Crippen LogP) is 4.31. The number of hydrogen-bond acceptors (Lipinski definition) is 6. The van der Waals surface area contributed by atoms with Crippen LogP contribution in [0.4, 0.5) is 5.69 Å². The third kappa shape index (κ3) is 5.33. The van der Waals surface area contributed by atoms with Gasteiger partial charge in [-0.15, -0.1) is 0 Å². The molecule has 184 valence electrons. The second-order valence-electron chi connectivity index (χ2n) is 8.21. The Morgan fingerprint density at radius 2 is 1.57 bits per heavy atom. The number of benzene rings is 3. The Morgan fingerprint density at radius 3 is 2.14 bits per heavy atom. The van der Waals surface area contributed by atoms with E-state index >= 15 is 0 Å². The Bertz CT molecular complexity index is 1430. The minimum atomic E-state index is -3.95. The standard InChI is InChI=1S/C25H27N3O5S2/c1-4-34(29,30)27-21-11-9-19(10-12-21)24-17-25(20-7-5-18(2)6-8-20)28(26-24)35(31,32)23-15-13-22(33-3)14-16-23/h5-16,25,27H,4,17H2,1-3H3/t25-/m0/s1. The molecule has 10 heteroatoms. The van der Waals surface area contributed by atoms with E-state index in [-0.39, 0.29) is 10.6 Å². The van der Waals surface area contributed by atoms with Crippen LogP contribution in [0.1, 0.15) is 36.1 Å². The zero-order valence-electron chi connectivity index (χ0n) is 19.7. The van der Waals surface area contributed by atoms with Crippen molar-refractivity contribution in [1.29, 1.82) is 0 Å². The summed E-state index contributed by atoms with van der Waals surface area (Å²) in [6, 6.07) is 20.2. The molecule has 0 spiro atoms. The molecule has 0 saturated carbocycles. The first-order valence-corrected chi connectivity index (χ1v) is 14.2. The zero-order valence-corrected chi connectivity index (χ0v) is 21.3. The summed E-state index contributed by atoms with van der Waals surface area (Å²) in [6.07, 6.45) is 0.373. The topological polar surface area (TPSA) is 105 Å². The van der Waals surface area contributed by atoms with Crippen LogP contribution in [0.5, 0.6) is 5.75 Å². The molecule has 1 aliphatic rings. The SMILES string of the molecule is CCS(=O)(=O)Nc1ccc(C2=NN(S(=O)(=O)c3ccc(OC)cc3)[C@H](c3ccc(C)cc3)C2)cc1. The number of aryl methyl sites for hydroxylation is 1. The zero-order chi connectivity index (χ0) is 25.2. The van der Waals surface area contributed by atoms with Gasteiger partial charge in [0, 0.05) is 12.1 Å². The molecule has 0 saturated heterocycles. The Morgan fingerprint density at radius 1 is 0.943 bits per heavy atom. The van der Waals surface area contributed by atoms with Gasteiger partial charge >= 0.3 is 0 Å². The maximum atomic E-state index is 13.6. The van der Waals surface area contributed by atoms with Gasteiger partial charge in [0.05, 0.1) is 29.5 Å². The molecular formula is C25H27N3O5S2. The molecule has 3 aromatic rings. The van der Waals surface area contributed by atoms with Crippen molar-refractivity contribution in [3.63, 3.8) is 0 Å². The van der Waals surface area contributed by atoms with Crippen LogP contribution >= 0.6 is 0 Å². The molecule has 0 fully saturated rings. The molecule has 0 aromatic heterocycles. The Balaban J connectivity index is 1.71. The van der Waals surface area contributed by atoms with Crippen molar-refractivity contribution in [2.45, 2.75) is 31.2 Å². The van der Waals surface area contributed by atoms with E-state index in [1.807, 2.05) is 31.2 Å². The predicted molar refractivity (Wildman–Crippen MR) is 137 cm³/mol. The number of nitrogens with zero attached hydrogens (tertiary/aromatic N) is 2. The van der Waals surface area contributed by atoms with Gasteiger partial charge in [-0.05, 0) is 61.4 Å². The van der Waals surface area contributed by atoms with Crippen LogP contribution in [-0.2, 0) is 20.0 Å². The average Bonchev–Trinajstić information content (AvgIpc) is 3.31. The van der Waals surface area contributed by atoms with Gasteiger partial charge in [-0.3, -0.25) is 4.72 Å². The van der Waals surface area contributed by atoms with E-state index in [4.69, 9.17) is 4.74 Å². The molecular weight excluding hydrogens is 486 g/mol. The molecule has 0 bridgehead atoms. The van der Waals surface area contributed by atoms with Gasteiger partial charge in [0.15, 0.2) is 0 Å². The molecule has 0 radical (unpaired) electrons. The number of nitrogens with one attached hydrogen (secondary N) is 1. The van der Waals surface area contributed by atoms with Gasteiger partial charge in [-0.25, -0.2) is 8.42 Å². The van der Waals surface area contributed by atoms with E-state index < -0.39 is 26.1 Å². The second kappa shape index (κ2) is 9.71. The molecule has 8 nitrogen and oxygen atoms in total. The monoisotopic (exact) mass is 513 g/mol. The van der Waals surface area contributed by atoms with Crippen LogP contribution in [0.15, 0.2) is 82.8 Å². The van der Waals surface area contributed by atoms with E-state index in [2.05, 4.69) is 9.82 Å². The highest BCUT2D eigenvalue weighted by Crippen LogP contribution is 2.37. The highest BCUT2D eigenvalue weighted by Gasteiger charge is 2.37. The highest BCUT2D eigenvalue weighted by atomic mass is 32.2. The minimum absolute atomic E-state index is 0.0299. The molecule has 4 rings (SSSR count). The maximum absolute atomic E-state index is 13.6. The number of hydrogen-bond donors (Lipinski definition) is 1. The lowest BCUT2D eigenvalue weighted by atomic mass is 9.98. The number of ether oxygens (including phenoxy) is 1. The molecule has 1 N–H and O–H groups in total. The van der Waals surface area contributed by atoms with Crippen molar-refractivity contribution in [3.8, 4) is 5.75 Å². The summed E-state index contributed by atoms with van der Waals surface area (Å²) in [6.45, 7) is 3.54. The second-order valence-corrected chi connectivity index (χ2v) is 12.0. The summed E-state index contributed by atoms with van der Waals surface area (Å²) >= 11 is 0. The fourth-order valence-corrected chi connectivity index (χ4v) is 5.83. The molecule has 0 amide bonds. The average molecular weight is 514 g/mol. The van der Waals surface area contributed by atoms with Crippen LogP contribution in [0, 0.1) is 6.92 Å². The van der Waals surface area contributed by atoms with E-state index in [1.165, 1.54) is 23.7 Å². The van der Waals surface area contributed by atoms with Crippen LogP contribution < -0.4 is 9.46 Å². The van der Waals surface area contributed by atoms with Crippen molar-refractivity contribution in [2.24, 2.45) is 5.10 Å². The van der Waals surface area contributed by atoms with Gasteiger partial charge in [0.25, 0.3) is 10.0 Å². The lowest BCUT2D eigenvalue weighted by molar-refractivity contribution is 0.371. The first-order chi connectivity index (χ1) is 16.6. The largest absolute Gasteiger partial charge is 0.497 e. The van der Waals surface area contributed by atoms with E-state index in [0.29, 0.717) is 29.1 Å². The van der Waals surface area contributed by atoms with Crippen molar-refractivity contribution in [1.82, 2.24) is 4.41 Å². The highest BCUT2D eigenvalue weighted by molar-refractivity contribution is 7.92. The van der Waals surface area contributed by atoms with Gasteiger partial charge < -0.3 is 4.74 Å². The fraction of sp³-hybridized carbons (Fsp3) is 0.240. The van der Waals surface area contributed by atoms with Crippen LogP contribution in [0.3, 0.4) is 0 Å². The van der Waals surface area contributed by atoms with Crippen LogP contribution in [0.2, 0.25) is 0 Å². The third-order valence-electron chi connectivity index (χ3n) is 5.81. The molecule has 1 aliphatic heterocycles. The fourth-order valence-electron chi connectivity index (χ4n) is 3.76. The number of hydrazone groups is 1. The first-order valence-electron chi connectivity index (χ1n) is 11.1. The smallest absolute Gasteiger partial charge is 0.279 e. The Hall–Kier alpha value is -3.37. The lowest BCUT2D eigenvalue weighted by Crippen LogP contribution is -2.27. The normalized spacial score (nSPS) is 16.1. The number of anilines is 1. The van der Waals surface area contributed by atoms with Gasteiger partial charge in [-0.1, -0.05) is 42.0 Å². The van der Waals surface area contributed by atoms with E-state index in [1.54, 1.807) is 43.3 Å². The summed E-state index contributed by atoms with van der Waals surface area (Å²) < 4.78 is 59.7. The van der Waals surface area contributed by atoms with Crippen LogP contribution in [0.25, 0.3) is 0 Å². The molecule has 3 aromatic carbocycles. The van der Waals surface area contributed by atoms with Gasteiger partial charge in [0.1, 0.15) is 5.75 Å². The Labute approximate surface area is 206 Å². The first kappa shape index (κ1) is 24.7. The third-order valence-corrected chi connectivity index (χ3v) is 8.81. The quantitative estimate of drug-likeness (QED) is 0.483. The summed E-state index contributed by atoms with van der Waals surface area (Å²) in [5.41, 5.74) is 3.65. The molecule has 1 atom stereocenters. The van der Waals surface area contributed by atoms with Crippen LogP contribution in [-0.4, -0.2) is 39.8 Å². The van der Waals surface area contributed by atoms with E-state index in [9.17, 15) is 16.8 Å². The maximum Gasteiger partial charge on any atom is 0.279 e. The molecule has 0 unspecified atom stereocenters. The van der Waals surface area contributed by atoms with Crippen molar-refractivity contribution >= 4 is 31.4 Å². The summed E-state index contributed by atoms with van der Waals surface area (Å²) in [7, 11) is -5.82. The molecule has 1 heterocycles. The number of sulfonamides is 2. The van der Waals surface area contributed by atoms with E-state index in [0.717, 1.165) is 11.1 Å². The van der Waals surface area contributed by atoms with Crippen molar-refractivity contribution < 1.29 is 21.6 Å². The van der Waals surface area contributed by atoms with Crippen molar-refractivity contribution in [2.75, 3.05) is 17.6 Å². The van der Waals surface area contributed by atoms with Gasteiger partial charge in [0.2, 0.25) is 10.0 Å². The summed E-state index contributed by atoms with van der Waals surface area (Å²) in [5, 5.41) is 4.54. The van der Waals surface area contributed by atoms with Crippen molar-refractivity contribution in [3.05, 3.63) is 89.5 Å². The number of methoxy groups -OCH3 is 1. The summed E-state index contributed by atoms with van der Waals surface area (Å²) in [5.74, 6) is 0.529. The molecule has 35 heavy (non-hydrogen) atoms.